The summed E-state index contributed by atoms with van der Waals surface area (Å²) in [7, 11) is 0.573. The quantitative estimate of drug-likeness (QED) is 0.811. The SMILES string of the molecule is CN(C)CCN1CCN(S(=O)(=O)c2ccc3c(c2)CC(=O)N3)CC1. The van der Waals surface area contributed by atoms with E-state index in [4.69, 9.17) is 0 Å². The van der Waals surface area contributed by atoms with Crippen molar-refractivity contribution in [2.24, 2.45) is 0 Å². The minimum atomic E-state index is -3.50. The summed E-state index contributed by atoms with van der Waals surface area (Å²) in [4.78, 5) is 16.1. The van der Waals surface area contributed by atoms with Crippen molar-refractivity contribution in [3.8, 4) is 0 Å². The predicted octanol–water partition coefficient (Wildman–Crippen LogP) is 0.0491. The lowest BCUT2D eigenvalue weighted by molar-refractivity contribution is -0.115. The molecule has 0 bridgehead atoms. The fraction of sp³-hybridized carbons (Fsp3) is 0.562. The largest absolute Gasteiger partial charge is 0.326 e. The highest BCUT2D eigenvalue weighted by Crippen LogP contribution is 2.27. The van der Waals surface area contributed by atoms with Crippen molar-refractivity contribution in [1.82, 2.24) is 14.1 Å². The van der Waals surface area contributed by atoms with Crippen LogP contribution in [0.3, 0.4) is 0 Å². The van der Waals surface area contributed by atoms with Crippen molar-refractivity contribution in [3.05, 3.63) is 23.8 Å². The number of carbonyl (C=O) groups excluding carboxylic acids is 1. The minimum Gasteiger partial charge on any atom is -0.326 e. The first kappa shape index (κ1) is 17.3. The lowest BCUT2D eigenvalue weighted by atomic mass is 10.2. The average Bonchev–Trinajstić information content (AvgIpc) is 2.92. The first-order valence-corrected chi connectivity index (χ1v) is 9.60. The average molecular weight is 352 g/mol. The van der Waals surface area contributed by atoms with Crippen molar-refractivity contribution in [1.29, 1.82) is 0 Å². The van der Waals surface area contributed by atoms with Crippen LogP contribution in [0.2, 0.25) is 0 Å². The second-order valence-corrected chi connectivity index (χ2v) is 8.53. The van der Waals surface area contributed by atoms with Gasteiger partial charge in [0.25, 0.3) is 0 Å². The number of rotatable bonds is 5. The minimum absolute atomic E-state index is 0.0888. The first-order valence-electron chi connectivity index (χ1n) is 8.16. The van der Waals surface area contributed by atoms with Gasteiger partial charge in [0.2, 0.25) is 15.9 Å². The molecule has 7 nitrogen and oxygen atoms in total. The number of hydrogen-bond acceptors (Lipinski definition) is 5. The molecule has 2 aliphatic heterocycles. The number of likely N-dealkylation sites (N-methyl/N-ethyl adjacent to an activating group) is 1. The molecule has 1 amide bonds. The second-order valence-electron chi connectivity index (χ2n) is 6.59. The van der Waals surface area contributed by atoms with Gasteiger partial charge in [-0.1, -0.05) is 0 Å². The summed E-state index contributed by atoms with van der Waals surface area (Å²) in [5, 5.41) is 2.73. The number of anilines is 1. The lowest BCUT2D eigenvalue weighted by Gasteiger charge is -2.34. The number of piperazine rings is 1. The zero-order valence-corrected chi connectivity index (χ0v) is 15.0. The summed E-state index contributed by atoms with van der Waals surface area (Å²) in [6.07, 6.45) is 0.247. The summed E-state index contributed by atoms with van der Waals surface area (Å²) in [5.41, 5.74) is 1.47. The Labute approximate surface area is 143 Å². The first-order chi connectivity index (χ1) is 11.4. The molecule has 1 fully saturated rings. The Morgan fingerprint density at radius 2 is 1.88 bits per heavy atom. The number of nitrogens with one attached hydrogen (secondary N) is 1. The van der Waals surface area contributed by atoms with E-state index in [9.17, 15) is 13.2 Å². The number of benzene rings is 1. The predicted molar refractivity (Wildman–Crippen MR) is 92.5 cm³/mol. The van der Waals surface area contributed by atoms with Gasteiger partial charge in [0.15, 0.2) is 0 Å². The van der Waals surface area contributed by atoms with Crippen molar-refractivity contribution < 1.29 is 13.2 Å². The Balaban J connectivity index is 1.67. The van der Waals surface area contributed by atoms with Gasteiger partial charge in [-0.2, -0.15) is 4.31 Å². The van der Waals surface area contributed by atoms with E-state index in [-0.39, 0.29) is 17.2 Å². The topological polar surface area (TPSA) is 73.0 Å². The molecule has 0 atom stereocenters. The van der Waals surface area contributed by atoms with Crippen LogP contribution in [0, 0.1) is 0 Å². The highest BCUT2D eigenvalue weighted by atomic mass is 32.2. The maximum Gasteiger partial charge on any atom is 0.243 e. The molecule has 0 unspecified atom stereocenters. The van der Waals surface area contributed by atoms with Gasteiger partial charge in [-0.25, -0.2) is 8.42 Å². The fourth-order valence-electron chi connectivity index (χ4n) is 3.05. The highest BCUT2D eigenvalue weighted by molar-refractivity contribution is 7.89. The third-order valence-corrected chi connectivity index (χ3v) is 6.43. The molecule has 132 valence electrons. The van der Waals surface area contributed by atoms with Gasteiger partial charge < -0.3 is 10.2 Å². The molecule has 1 aromatic rings. The normalized spacial score (nSPS) is 19.5. The van der Waals surface area contributed by atoms with E-state index in [2.05, 4.69) is 15.1 Å². The van der Waals surface area contributed by atoms with Crippen molar-refractivity contribution >= 4 is 21.6 Å². The van der Waals surface area contributed by atoms with Crippen molar-refractivity contribution in [2.75, 3.05) is 58.7 Å². The molecule has 24 heavy (non-hydrogen) atoms. The van der Waals surface area contributed by atoms with Crippen LogP contribution in [0.5, 0.6) is 0 Å². The molecule has 0 spiro atoms. The number of carbonyl (C=O) groups is 1. The number of sulfonamides is 1. The number of amides is 1. The molecule has 1 aromatic carbocycles. The Morgan fingerprint density at radius 1 is 1.17 bits per heavy atom. The lowest BCUT2D eigenvalue weighted by Crippen LogP contribution is -2.49. The van der Waals surface area contributed by atoms with Gasteiger partial charge in [-0.15, -0.1) is 0 Å². The van der Waals surface area contributed by atoms with Crippen LogP contribution >= 0.6 is 0 Å². The van der Waals surface area contributed by atoms with Crippen molar-refractivity contribution in [3.63, 3.8) is 0 Å². The van der Waals surface area contributed by atoms with Crippen LogP contribution in [0.15, 0.2) is 23.1 Å². The highest BCUT2D eigenvalue weighted by Gasteiger charge is 2.29. The second kappa shape index (κ2) is 6.79. The molecule has 2 heterocycles. The van der Waals surface area contributed by atoms with E-state index < -0.39 is 10.0 Å². The van der Waals surface area contributed by atoms with E-state index in [0.717, 1.165) is 31.7 Å². The Kier molecular flexibility index (Phi) is 4.91. The standard InChI is InChI=1S/C16H24N4O3S/c1-18(2)5-6-19-7-9-20(10-8-19)24(22,23)14-3-4-15-13(11-14)12-16(21)17-15/h3-4,11H,5-10,12H2,1-2H3,(H,17,21). The zero-order chi connectivity index (χ0) is 17.3. The third kappa shape index (κ3) is 3.61. The van der Waals surface area contributed by atoms with E-state index in [0.29, 0.717) is 18.8 Å². The van der Waals surface area contributed by atoms with Crippen LogP contribution in [0.4, 0.5) is 5.69 Å². The summed E-state index contributed by atoms with van der Waals surface area (Å²) in [5.74, 6) is -0.0888. The van der Waals surface area contributed by atoms with Gasteiger partial charge in [0.1, 0.15) is 0 Å². The molecule has 1 saturated heterocycles. The van der Waals surface area contributed by atoms with Crippen LogP contribution in [-0.2, 0) is 21.2 Å². The Morgan fingerprint density at radius 3 is 2.54 bits per heavy atom. The molecule has 0 aliphatic carbocycles. The zero-order valence-electron chi connectivity index (χ0n) is 14.2. The Hall–Kier alpha value is -1.48. The molecular weight excluding hydrogens is 328 g/mol. The molecule has 0 aromatic heterocycles. The van der Waals surface area contributed by atoms with Gasteiger partial charge in [0, 0.05) is 45.0 Å². The van der Waals surface area contributed by atoms with Crippen LogP contribution < -0.4 is 5.32 Å². The number of fused-ring (bicyclic) bond motifs is 1. The van der Waals surface area contributed by atoms with Crippen LogP contribution in [0.1, 0.15) is 5.56 Å². The van der Waals surface area contributed by atoms with Crippen molar-refractivity contribution in [2.45, 2.75) is 11.3 Å². The monoisotopic (exact) mass is 352 g/mol. The third-order valence-electron chi connectivity index (χ3n) is 4.53. The van der Waals surface area contributed by atoms with E-state index in [1.54, 1.807) is 22.5 Å². The van der Waals surface area contributed by atoms with Crippen LogP contribution in [0.25, 0.3) is 0 Å². The molecule has 1 N–H and O–H groups in total. The molecule has 0 saturated carbocycles. The molecular formula is C16H24N4O3S. The van der Waals surface area contributed by atoms with E-state index in [1.165, 1.54) is 0 Å². The molecule has 2 aliphatic rings. The van der Waals surface area contributed by atoms with E-state index in [1.807, 2.05) is 14.1 Å². The fourth-order valence-corrected chi connectivity index (χ4v) is 4.52. The summed E-state index contributed by atoms with van der Waals surface area (Å²) >= 11 is 0. The summed E-state index contributed by atoms with van der Waals surface area (Å²) in [6, 6.07) is 4.89. The summed E-state index contributed by atoms with van der Waals surface area (Å²) in [6.45, 7) is 4.43. The number of nitrogens with zero attached hydrogens (tertiary/aromatic N) is 3. The molecule has 8 heteroatoms. The van der Waals surface area contributed by atoms with Gasteiger partial charge in [-0.05, 0) is 37.9 Å². The number of hydrogen-bond donors (Lipinski definition) is 1. The van der Waals surface area contributed by atoms with Crippen LogP contribution in [-0.4, -0.2) is 81.8 Å². The molecule has 3 rings (SSSR count). The van der Waals surface area contributed by atoms with Gasteiger partial charge in [-0.3, -0.25) is 9.69 Å². The summed E-state index contributed by atoms with van der Waals surface area (Å²) < 4.78 is 27.2. The van der Waals surface area contributed by atoms with Gasteiger partial charge >= 0.3 is 0 Å². The molecule has 0 radical (unpaired) electrons. The maximum absolute atomic E-state index is 12.8. The van der Waals surface area contributed by atoms with Gasteiger partial charge in [0.05, 0.1) is 11.3 Å². The maximum atomic E-state index is 12.8. The Bertz CT molecular complexity index is 725. The van der Waals surface area contributed by atoms with E-state index >= 15 is 0 Å². The smallest absolute Gasteiger partial charge is 0.243 e.